The third kappa shape index (κ3) is 2.97. The first-order valence-electron chi connectivity index (χ1n) is 6.86. The van der Waals surface area contributed by atoms with Gasteiger partial charge in [-0.25, -0.2) is 0 Å². The van der Waals surface area contributed by atoms with Gasteiger partial charge in [-0.1, -0.05) is 67.9 Å². The maximum absolute atomic E-state index is 12.4. The molecule has 0 aromatic heterocycles. The summed E-state index contributed by atoms with van der Waals surface area (Å²) < 4.78 is 0. The second-order valence-electron chi connectivity index (χ2n) is 5.86. The number of carbonyl (C=O) groups excluding carboxylic acids is 1. The van der Waals surface area contributed by atoms with Gasteiger partial charge in [-0.05, 0) is 12.5 Å². The molecule has 0 aliphatic heterocycles. The van der Waals surface area contributed by atoms with Crippen molar-refractivity contribution >= 4 is 5.78 Å². The van der Waals surface area contributed by atoms with E-state index in [9.17, 15) is 4.79 Å². The van der Waals surface area contributed by atoms with Crippen LogP contribution in [0.15, 0.2) is 48.5 Å². The topological polar surface area (TPSA) is 43.1 Å². The Morgan fingerprint density at radius 2 is 1.40 bits per heavy atom. The van der Waals surface area contributed by atoms with E-state index in [-0.39, 0.29) is 11.2 Å². The minimum Gasteiger partial charge on any atom is -0.330 e. The molecule has 0 bridgehead atoms. The van der Waals surface area contributed by atoms with Gasteiger partial charge >= 0.3 is 0 Å². The number of hydrogen-bond donors (Lipinski definition) is 1. The van der Waals surface area contributed by atoms with Crippen LogP contribution in [0, 0.1) is 6.92 Å². The van der Waals surface area contributed by atoms with Gasteiger partial charge in [-0.15, -0.1) is 0 Å². The minimum atomic E-state index is -0.0641. The van der Waals surface area contributed by atoms with Gasteiger partial charge in [0.05, 0.1) is 0 Å². The van der Waals surface area contributed by atoms with Gasteiger partial charge in [0.25, 0.3) is 0 Å². The van der Waals surface area contributed by atoms with Gasteiger partial charge in [0, 0.05) is 23.1 Å². The average Bonchev–Trinajstić information content (AvgIpc) is 2.47. The van der Waals surface area contributed by atoms with Crippen LogP contribution in [-0.2, 0) is 5.41 Å². The number of ketones is 1. The largest absolute Gasteiger partial charge is 0.330 e. The number of nitrogens with two attached hydrogens (primary N) is 1. The zero-order chi connectivity index (χ0) is 14.8. The number of carbonyl (C=O) groups is 1. The molecular formula is C18H21NO. The van der Waals surface area contributed by atoms with Gasteiger partial charge in [-0.2, -0.15) is 0 Å². The first-order chi connectivity index (χ1) is 9.44. The summed E-state index contributed by atoms with van der Waals surface area (Å²) in [6.07, 6.45) is 0. The molecule has 0 aliphatic rings. The zero-order valence-electron chi connectivity index (χ0n) is 12.3. The van der Waals surface area contributed by atoms with E-state index in [2.05, 4.69) is 13.8 Å². The van der Waals surface area contributed by atoms with E-state index in [1.807, 2.05) is 55.5 Å². The van der Waals surface area contributed by atoms with Crippen molar-refractivity contribution in [3.63, 3.8) is 0 Å². The maximum atomic E-state index is 12.4. The quantitative estimate of drug-likeness (QED) is 0.862. The van der Waals surface area contributed by atoms with Crippen LogP contribution in [0.1, 0.15) is 40.9 Å². The van der Waals surface area contributed by atoms with E-state index < -0.39 is 0 Å². The summed E-state index contributed by atoms with van der Waals surface area (Å²) in [5, 5.41) is 0. The van der Waals surface area contributed by atoms with Crippen LogP contribution in [0.3, 0.4) is 0 Å². The molecule has 2 heteroatoms. The highest BCUT2D eigenvalue weighted by molar-refractivity contribution is 6.09. The summed E-state index contributed by atoms with van der Waals surface area (Å²) in [6.45, 7) is 6.80. The fourth-order valence-corrected chi connectivity index (χ4v) is 2.06. The fraction of sp³-hybridized carbons (Fsp3) is 0.278. The summed E-state index contributed by atoms with van der Waals surface area (Å²) >= 11 is 0. The number of benzene rings is 2. The zero-order valence-corrected chi connectivity index (χ0v) is 12.3. The molecule has 0 atom stereocenters. The Bertz CT molecular complexity index is 594. The normalized spacial score (nSPS) is 11.4. The fourth-order valence-electron chi connectivity index (χ4n) is 2.06. The summed E-state index contributed by atoms with van der Waals surface area (Å²) in [4.78, 5) is 12.4. The van der Waals surface area contributed by atoms with E-state index in [4.69, 9.17) is 5.73 Å². The van der Waals surface area contributed by atoms with Gasteiger partial charge < -0.3 is 5.73 Å². The van der Waals surface area contributed by atoms with Crippen molar-refractivity contribution in [2.24, 2.45) is 5.73 Å². The van der Waals surface area contributed by atoms with Crippen LogP contribution in [0.2, 0.25) is 0 Å². The van der Waals surface area contributed by atoms with Crippen LogP contribution in [0.4, 0.5) is 0 Å². The lowest BCUT2D eigenvalue weighted by Gasteiger charge is -2.23. The molecule has 0 spiro atoms. The van der Waals surface area contributed by atoms with Crippen molar-refractivity contribution in [2.45, 2.75) is 26.2 Å². The number of hydrogen-bond acceptors (Lipinski definition) is 2. The number of aryl methyl sites for hydroxylation is 1. The van der Waals surface area contributed by atoms with Gasteiger partial charge in [0.1, 0.15) is 0 Å². The van der Waals surface area contributed by atoms with E-state index in [1.54, 1.807) is 0 Å². The van der Waals surface area contributed by atoms with Crippen LogP contribution < -0.4 is 5.73 Å². The lowest BCUT2D eigenvalue weighted by atomic mass is 9.84. The lowest BCUT2D eigenvalue weighted by Crippen LogP contribution is -2.28. The Hall–Kier alpha value is -1.93. The highest BCUT2D eigenvalue weighted by Crippen LogP contribution is 2.22. The van der Waals surface area contributed by atoms with Crippen molar-refractivity contribution in [1.82, 2.24) is 0 Å². The molecule has 2 aromatic rings. The van der Waals surface area contributed by atoms with Gasteiger partial charge in [0.2, 0.25) is 0 Å². The molecule has 0 unspecified atom stereocenters. The van der Waals surface area contributed by atoms with Crippen molar-refractivity contribution in [3.8, 4) is 0 Å². The van der Waals surface area contributed by atoms with E-state index in [1.165, 1.54) is 0 Å². The van der Waals surface area contributed by atoms with E-state index >= 15 is 0 Å². The Balaban J connectivity index is 2.26. The average molecular weight is 267 g/mol. The third-order valence-corrected chi connectivity index (χ3v) is 3.75. The molecular weight excluding hydrogens is 246 g/mol. The summed E-state index contributed by atoms with van der Waals surface area (Å²) in [5.41, 5.74) is 9.45. The second kappa shape index (κ2) is 5.59. The molecule has 0 radical (unpaired) electrons. The molecule has 2 aromatic carbocycles. The molecule has 0 amide bonds. The lowest BCUT2D eigenvalue weighted by molar-refractivity contribution is 0.103. The molecule has 0 saturated carbocycles. The van der Waals surface area contributed by atoms with Gasteiger partial charge in [0.15, 0.2) is 5.78 Å². The van der Waals surface area contributed by atoms with Crippen LogP contribution in [0.25, 0.3) is 0 Å². The highest BCUT2D eigenvalue weighted by Gasteiger charge is 2.18. The predicted octanol–water partition coefficient (Wildman–Crippen LogP) is 3.46. The van der Waals surface area contributed by atoms with Crippen molar-refractivity contribution in [2.75, 3.05) is 6.54 Å². The first kappa shape index (κ1) is 14.5. The Labute approximate surface area is 120 Å². The smallest absolute Gasteiger partial charge is 0.193 e. The van der Waals surface area contributed by atoms with Gasteiger partial charge in [-0.3, -0.25) is 4.79 Å². The monoisotopic (exact) mass is 267 g/mol. The standard InChI is InChI=1S/C18H21NO/c1-13-4-6-14(7-5-13)17(20)15-8-10-16(11-9-15)18(2,3)12-19/h4-11H,12,19H2,1-3H3. The van der Waals surface area contributed by atoms with E-state index in [0.29, 0.717) is 12.1 Å². The Morgan fingerprint density at radius 3 is 1.85 bits per heavy atom. The van der Waals surface area contributed by atoms with Crippen molar-refractivity contribution in [3.05, 3.63) is 70.8 Å². The first-order valence-corrected chi connectivity index (χ1v) is 6.86. The SMILES string of the molecule is Cc1ccc(C(=O)c2ccc(C(C)(C)CN)cc2)cc1. The summed E-state index contributed by atoms with van der Waals surface area (Å²) in [6, 6.07) is 15.4. The van der Waals surface area contributed by atoms with E-state index in [0.717, 1.165) is 16.7 Å². The number of rotatable bonds is 4. The van der Waals surface area contributed by atoms with Crippen LogP contribution in [0.5, 0.6) is 0 Å². The molecule has 2 rings (SSSR count). The molecule has 20 heavy (non-hydrogen) atoms. The minimum absolute atomic E-state index is 0.0575. The summed E-state index contributed by atoms with van der Waals surface area (Å²) in [7, 11) is 0. The summed E-state index contributed by atoms with van der Waals surface area (Å²) in [5.74, 6) is 0.0575. The molecule has 0 fully saturated rings. The van der Waals surface area contributed by atoms with Crippen LogP contribution in [-0.4, -0.2) is 12.3 Å². The third-order valence-electron chi connectivity index (χ3n) is 3.75. The van der Waals surface area contributed by atoms with Crippen LogP contribution >= 0.6 is 0 Å². The maximum Gasteiger partial charge on any atom is 0.193 e. The Kier molecular flexibility index (Phi) is 4.05. The molecule has 0 saturated heterocycles. The Morgan fingerprint density at radius 1 is 0.950 bits per heavy atom. The second-order valence-corrected chi connectivity index (χ2v) is 5.86. The molecule has 0 heterocycles. The molecule has 2 nitrogen and oxygen atoms in total. The molecule has 104 valence electrons. The highest BCUT2D eigenvalue weighted by atomic mass is 16.1. The molecule has 2 N–H and O–H groups in total. The predicted molar refractivity (Wildman–Crippen MR) is 83.1 cm³/mol. The molecule has 0 aliphatic carbocycles. The van der Waals surface area contributed by atoms with Crippen molar-refractivity contribution < 1.29 is 4.79 Å². The van der Waals surface area contributed by atoms with Crippen molar-refractivity contribution in [1.29, 1.82) is 0 Å².